The number of aryl methyl sites for hydroxylation is 1. The van der Waals surface area contributed by atoms with Crippen LogP contribution in [0, 0.1) is 0 Å². The molecule has 1 aliphatic rings. The van der Waals surface area contributed by atoms with Crippen molar-refractivity contribution in [2.75, 3.05) is 13.1 Å². The monoisotopic (exact) mass is 332 g/mol. The zero-order valence-corrected chi connectivity index (χ0v) is 14.3. The molecule has 2 heterocycles. The number of halogens is 1. The van der Waals surface area contributed by atoms with Crippen LogP contribution >= 0.6 is 11.6 Å². The molecule has 6 heteroatoms. The number of hydrogen-bond acceptors (Lipinski definition) is 2. The van der Waals surface area contributed by atoms with Gasteiger partial charge in [0.05, 0.1) is 5.88 Å². The van der Waals surface area contributed by atoms with E-state index in [1.165, 1.54) is 6.42 Å². The lowest BCUT2D eigenvalue weighted by molar-refractivity contribution is 0.364. The Bertz CT molecular complexity index is 546. The summed E-state index contributed by atoms with van der Waals surface area (Å²) in [4.78, 5) is 0.396. The molecule has 0 amide bonds. The second kappa shape index (κ2) is 7.65. The van der Waals surface area contributed by atoms with Gasteiger partial charge < -0.3 is 4.57 Å². The van der Waals surface area contributed by atoms with Crippen LogP contribution in [-0.4, -0.2) is 30.4 Å². The third kappa shape index (κ3) is 4.02. The van der Waals surface area contributed by atoms with Gasteiger partial charge in [-0.2, -0.15) is 4.31 Å². The maximum Gasteiger partial charge on any atom is 0.244 e. The molecule has 0 spiro atoms. The first-order valence-corrected chi connectivity index (χ1v) is 9.82. The van der Waals surface area contributed by atoms with Gasteiger partial charge in [0.2, 0.25) is 10.0 Å². The second-order valence-corrected chi connectivity index (χ2v) is 7.87. The van der Waals surface area contributed by atoms with E-state index in [0.29, 0.717) is 23.9 Å². The number of sulfonamides is 1. The molecule has 1 aromatic rings. The molecule has 0 saturated carbocycles. The summed E-state index contributed by atoms with van der Waals surface area (Å²) in [5.74, 6) is 0.343. The van der Waals surface area contributed by atoms with Crippen LogP contribution in [0.4, 0.5) is 0 Å². The van der Waals surface area contributed by atoms with Gasteiger partial charge in [0.15, 0.2) is 0 Å². The van der Waals surface area contributed by atoms with Crippen molar-refractivity contribution < 1.29 is 8.42 Å². The number of hydrogen-bond donors (Lipinski definition) is 0. The predicted octanol–water partition coefficient (Wildman–Crippen LogP) is 3.59. The topological polar surface area (TPSA) is 42.3 Å². The van der Waals surface area contributed by atoms with E-state index in [1.807, 2.05) is 4.57 Å². The average Bonchev–Trinajstić information content (AvgIpc) is 2.82. The Hall–Kier alpha value is -0.520. The molecule has 21 heavy (non-hydrogen) atoms. The molecular weight excluding hydrogens is 308 g/mol. The minimum Gasteiger partial charge on any atom is -0.349 e. The molecule has 0 N–H and O–H groups in total. The second-order valence-electron chi connectivity index (χ2n) is 5.67. The molecule has 1 fully saturated rings. The maximum atomic E-state index is 12.8. The van der Waals surface area contributed by atoms with Gasteiger partial charge >= 0.3 is 0 Å². The molecule has 0 aromatic carbocycles. The number of alkyl halides is 1. The zero-order chi connectivity index (χ0) is 15.3. The number of nitrogens with zero attached hydrogens (tertiary/aromatic N) is 2. The molecule has 120 valence electrons. The highest BCUT2D eigenvalue weighted by Gasteiger charge is 2.26. The fraction of sp³-hybridized carbons (Fsp3) is 0.733. The van der Waals surface area contributed by atoms with Crippen LogP contribution in [-0.2, 0) is 22.4 Å². The van der Waals surface area contributed by atoms with Crippen molar-refractivity contribution in [1.29, 1.82) is 0 Å². The Kier molecular flexibility index (Phi) is 6.14. The summed E-state index contributed by atoms with van der Waals surface area (Å²) in [5.41, 5.74) is 0.879. The first-order chi connectivity index (χ1) is 10.1. The summed E-state index contributed by atoms with van der Waals surface area (Å²) in [7, 11) is -3.38. The van der Waals surface area contributed by atoms with E-state index in [-0.39, 0.29) is 0 Å². The lowest BCUT2D eigenvalue weighted by Crippen LogP contribution is -2.33. The fourth-order valence-corrected chi connectivity index (χ4v) is 4.65. The Morgan fingerprint density at radius 3 is 2.33 bits per heavy atom. The molecule has 0 unspecified atom stereocenters. The van der Waals surface area contributed by atoms with E-state index in [9.17, 15) is 8.42 Å². The van der Waals surface area contributed by atoms with E-state index >= 15 is 0 Å². The third-order valence-electron chi connectivity index (χ3n) is 4.02. The van der Waals surface area contributed by atoms with Gasteiger partial charge in [-0.1, -0.05) is 26.2 Å². The lowest BCUT2D eigenvalue weighted by Gasteiger charge is -2.23. The molecule has 1 aromatic heterocycles. The molecule has 1 aliphatic heterocycles. The Morgan fingerprint density at radius 2 is 1.76 bits per heavy atom. The zero-order valence-electron chi connectivity index (χ0n) is 12.7. The van der Waals surface area contributed by atoms with E-state index in [4.69, 9.17) is 11.6 Å². The molecule has 0 radical (unpaired) electrons. The van der Waals surface area contributed by atoms with Gasteiger partial charge in [0, 0.05) is 31.5 Å². The number of aromatic nitrogens is 1. The first kappa shape index (κ1) is 16.8. The summed E-state index contributed by atoms with van der Waals surface area (Å²) in [6, 6.07) is 1.73. The molecule has 2 rings (SSSR count). The van der Waals surface area contributed by atoms with Gasteiger partial charge in [-0.3, -0.25) is 0 Å². The van der Waals surface area contributed by atoms with Crippen molar-refractivity contribution in [1.82, 2.24) is 8.87 Å². The highest BCUT2D eigenvalue weighted by molar-refractivity contribution is 7.89. The summed E-state index contributed by atoms with van der Waals surface area (Å²) >= 11 is 5.94. The van der Waals surface area contributed by atoms with Gasteiger partial charge in [-0.15, -0.1) is 11.6 Å². The van der Waals surface area contributed by atoms with Gasteiger partial charge in [0.25, 0.3) is 0 Å². The number of rotatable bonds is 5. The highest BCUT2D eigenvalue weighted by Crippen LogP contribution is 2.23. The van der Waals surface area contributed by atoms with Crippen molar-refractivity contribution in [3.8, 4) is 0 Å². The van der Waals surface area contributed by atoms with Crippen LogP contribution in [0.3, 0.4) is 0 Å². The van der Waals surface area contributed by atoms with Crippen molar-refractivity contribution in [2.24, 2.45) is 0 Å². The molecule has 4 nitrogen and oxygen atoms in total. The van der Waals surface area contributed by atoms with Crippen LogP contribution in [0.1, 0.15) is 51.1 Å². The Balaban J connectivity index is 2.25. The normalized spacial score (nSPS) is 18.4. The van der Waals surface area contributed by atoms with Gasteiger partial charge in [-0.05, 0) is 25.3 Å². The van der Waals surface area contributed by atoms with Gasteiger partial charge in [-0.25, -0.2) is 8.42 Å². The lowest BCUT2D eigenvalue weighted by atomic mass is 10.1. The standard InChI is InChI=1S/C15H25ClN2O2S/c1-2-8-17-13-15(11-14(17)12-16)21(19,20)18-9-6-4-3-5-7-10-18/h11,13H,2-10,12H2,1H3. The molecule has 0 atom stereocenters. The SMILES string of the molecule is CCCn1cc(S(=O)(=O)N2CCCCCCC2)cc1CCl. The van der Waals surface area contributed by atoms with Crippen LogP contribution < -0.4 is 0 Å². The fourth-order valence-electron chi connectivity index (χ4n) is 2.83. The van der Waals surface area contributed by atoms with Crippen LogP contribution in [0.15, 0.2) is 17.2 Å². The maximum absolute atomic E-state index is 12.8. The van der Waals surface area contributed by atoms with Crippen molar-refractivity contribution in [2.45, 2.75) is 62.8 Å². The predicted molar refractivity (Wildman–Crippen MR) is 86.1 cm³/mol. The van der Waals surface area contributed by atoms with Crippen LogP contribution in [0.2, 0.25) is 0 Å². The molecule has 0 aliphatic carbocycles. The highest BCUT2D eigenvalue weighted by atomic mass is 35.5. The summed E-state index contributed by atoms with van der Waals surface area (Å²) in [6.07, 6.45) is 8.08. The quantitative estimate of drug-likeness (QED) is 0.773. The summed E-state index contributed by atoms with van der Waals surface area (Å²) < 4.78 is 29.2. The molecule has 0 bridgehead atoms. The average molecular weight is 333 g/mol. The summed E-state index contributed by atoms with van der Waals surface area (Å²) in [6.45, 7) is 4.15. The van der Waals surface area contributed by atoms with E-state index in [0.717, 1.165) is 44.3 Å². The first-order valence-electron chi connectivity index (χ1n) is 7.84. The van der Waals surface area contributed by atoms with Crippen LogP contribution in [0.5, 0.6) is 0 Å². The van der Waals surface area contributed by atoms with Crippen molar-refractivity contribution >= 4 is 21.6 Å². The van der Waals surface area contributed by atoms with E-state index in [1.54, 1.807) is 16.6 Å². The molecule has 1 saturated heterocycles. The van der Waals surface area contributed by atoms with Crippen molar-refractivity contribution in [3.05, 3.63) is 18.0 Å². The minimum absolute atomic E-state index is 0.343. The van der Waals surface area contributed by atoms with Crippen molar-refractivity contribution in [3.63, 3.8) is 0 Å². The van der Waals surface area contributed by atoms with Gasteiger partial charge in [0.1, 0.15) is 4.90 Å². The third-order valence-corrected chi connectivity index (χ3v) is 6.15. The van der Waals surface area contributed by atoms with E-state index in [2.05, 4.69) is 6.92 Å². The Labute approximate surface area is 133 Å². The Morgan fingerprint density at radius 1 is 1.14 bits per heavy atom. The largest absolute Gasteiger partial charge is 0.349 e. The molecular formula is C15H25ClN2O2S. The smallest absolute Gasteiger partial charge is 0.244 e. The van der Waals surface area contributed by atoms with E-state index < -0.39 is 10.0 Å². The minimum atomic E-state index is -3.38. The van der Waals surface area contributed by atoms with Crippen LogP contribution in [0.25, 0.3) is 0 Å². The summed E-state index contributed by atoms with van der Waals surface area (Å²) in [5, 5.41) is 0.